The van der Waals surface area contributed by atoms with Crippen LogP contribution in [0.25, 0.3) is 0 Å². The Morgan fingerprint density at radius 1 is 1.08 bits per heavy atom. The number of anilines is 1. The summed E-state index contributed by atoms with van der Waals surface area (Å²) in [5, 5.41) is 2.94. The molecule has 2 aromatic carbocycles. The second kappa shape index (κ2) is 8.67. The van der Waals surface area contributed by atoms with E-state index in [1.54, 1.807) is 12.1 Å². The highest BCUT2D eigenvalue weighted by molar-refractivity contribution is 5.91. The van der Waals surface area contributed by atoms with Crippen LogP contribution in [0, 0.1) is 5.82 Å². The Morgan fingerprint density at radius 2 is 1.77 bits per heavy atom. The van der Waals surface area contributed by atoms with E-state index in [4.69, 9.17) is 4.74 Å². The fourth-order valence-electron chi connectivity index (χ4n) is 3.00. The first-order chi connectivity index (χ1) is 12.7. The molecule has 138 valence electrons. The highest BCUT2D eigenvalue weighted by atomic mass is 19.1. The quantitative estimate of drug-likeness (QED) is 0.890. The van der Waals surface area contributed by atoms with Crippen LogP contribution in [0.2, 0.25) is 0 Å². The van der Waals surface area contributed by atoms with Gasteiger partial charge in [-0.05, 0) is 36.8 Å². The molecule has 1 N–H and O–H groups in total. The zero-order valence-corrected chi connectivity index (χ0v) is 15.0. The first kappa shape index (κ1) is 18.2. The van der Waals surface area contributed by atoms with Gasteiger partial charge in [0.05, 0.1) is 12.3 Å². The standard InChI is InChI=1S/C20H24FN3O2/c1-2-26-19-6-4-3-5-18(19)22-20(25)24-13-11-23(12-14-24)15-16-7-9-17(21)10-8-16/h3-10H,2,11-15H2,1H3,(H,22,25). The number of rotatable bonds is 5. The van der Waals surface area contributed by atoms with Gasteiger partial charge in [0.2, 0.25) is 0 Å². The van der Waals surface area contributed by atoms with Gasteiger partial charge in [0.15, 0.2) is 0 Å². The Kier molecular flexibility index (Phi) is 6.07. The maximum Gasteiger partial charge on any atom is 0.322 e. The predicted octanol–water partition coefficient (Wildman–Crippen LogP) is 3.57. The van der Waals surface area contributed by atoms with Gasteiger partial charge in [-0.3, -0.25) is 4.90 Å². The number of benzene rings is 2. The van der Waals surface area contributed by atoms with Gasteiger partial charge in [0.25, 0.3) is 0 Å². The third kappa shape index (κ3) is 4.73. The summed E-state index contributed by atoms with van der Waals surface area (Å²) in [6, 6.07) is 13.9. The lowest BCUT2D eigenvalue weighted by Crippen LogP contribution is -2.49. The molecule has 1 heterocycles. The lowest BCUT2D eigenvalue weighted by Gasteiger charge is -2.34. The first-order valence-corrected chi connectivity index (χ1v) is 8.90. The minimum absolute atomic E-state index is 0.112. The van der Waals surface area contributed by atoms with Gasteiger partial charge in [-0.15, -0.1) is 0 Å². The molecule has 0 spiro atoms. The van der Waals surface area contributed by atoms with Crippen LogP contribution >= 0.6 is 0 Å². The van der Waals surface area contributed by atoms with E-state index in [1.165, 1.54) is 12.1 Å². The number of piperazine rings is 1. The van der Waals surface area contributed by atoms with Crippen molar-refractivity contribution in [3.05, 3.63) is 59.9 Å². The zero-order chi connectivity index (χ0) is 18.4. The van der Waals surface area contributed by atoms with E-state index in [1.807, 2.05) is 36.1 Å². The minimum atomic E-state index is -0.220. The fraction of sp³-hybridized carbons (Fsp3) is 0.350. The summed E-state index contributed by atoms with van der Waals surface area (Å²) >= 11 is 0. The van der Waals surface area contributed by atoms with Crippen LogP contribution in [-0.4, -0.2) is 48.6 Å². The summed E-state index contributed by atoms with van der Waals surface area (Å²) in [7, 11) is 0. The lowest BCUT2D eigenvalue weighted by molar-refractivity contribution is 0.143. The summed E-state index contributed by atoms with van der Waals surface area (Å²) in [5.41, 5.74) is 1.77. The number of hydrogen-bond donors (Lipinski definition) is 1. The smallest absolute Gasteiger partial charge is 0.322 e. The molecule has 6 heteroatoms. The van der Waals surface area contributed by atoms with Gasteiger partial charge >= 0.3 is 6.03 Å². The maximum atomic E-state index is 13.0. The van der Waals surface area contributed by atoms with E-state index < -0.39 is 0 Å². The van der Waals surface area contributed by atoms with Gasteiger partial charge in [-0.1, -0.05) is 24.3 Å². The zero-order valence-electron chi connectivity index (χ0n) is 15.0. The van der Waals surface area contributed by atoms with E-state index in [0.717, 1.165) is 25.2 Å². The Bertz CT molecular complexity index is 728. The van der Waals surface area contributed by atoms with Crippen LogP contribution in [0.5, 0.6) is 5.75 Å². The van der Waals surface area contributed by atoms with E-state index >= 15 is 0 Å². The Morgan fingerprint density at radius 3 is 2.46 bits per heavy atom. The number of nitrogens with one attached hydrogen (secondary N) is 1. The maximum absolute atomic E-state index is 13.0. The molecule has 1 aliphatic heterocycles. The normalized spacial score (nSPS) is 14.9. The van der Waals surface area contributed by atoms with E-state index in [2.05, 4.69) is 10.2 Å². The van der Waals surface area contributed by atoms with Crippen molar-refractivity contribution in [2.45, 2.75) is 13.5 Å². The van der Waals surface area contributed by atoms with Crippen LogP contribution in [-0.2, 0) is 6.54 Å². The second-order valence-corrected chi connectivity index (χ2v) is 6.25. The molecule has 0 atom stereocenters. The Labute approximate surface area is 153 Å². The highest BCUT2D eigenvalue weighted by Gasteiger charge is 2.21. The van der Waals surface area contributed by atoms with Gasteiger partial charge in [-0.2, -0.15) is 0 Å². The van der Waals surface area contributed by atoms with Crippen LogP contribution in [0.15, 0.2) is 48.5 Å². The molecule has 1 fully saturated rings. The van der Waals surface area contributed by atoms with Crippen LogP contribution in [0.3, 0.4) is 0 Å². The number of para-hydroxylation sites is 2. The van der Waals surface area contributed by atoms with Crippen molar-refractivity contribution >= 4 is 11.7 Å². The molecule has 1 saturated heterocycles. The van der Waals surface area contributed by atoms with Gasteiger partial charge in [0.1, 0.15) is 11.6 Å². The van der Waals surface area contributed by atoms with Crippen molar-refractivity contribution in [3.8, 4) is 5.75 Å². The second-order valence-electron chi connectivity index (χ2n) is 6.25. The monoisotopic (exact) mass is 357 g/mol. The van der Waals surface area contributed by atoms with Crippen molar-refractivity contribution in [1.29, 1.82) is 0 Å². The number of halogens is 1. The molecule has 0 saturated carbocycles. The van der Waals surface area contributed by atoms with Gasteiger partial charge in [0, 0.05) is 32.7 Å². The topological polar surface area (TPSA) is 44.8 Å². The van der Waals surface area contributed by atoms with Crippen molar-refractivity contribution in [2.24, 2.45) is 0 Å². The largest absolute Gasteiger partial charge is 0.492 e. The average Bonchev–Trinajstić information content (AvgIpc) is 2.66. The third-order valence-corrected chi connectivity index (χ3v) is 4.41. The van der Waals surface area contributed by atoms with Crippen molar-refractivity contribution < 1.29 is 13.9 Å². The lowest BCUT2D eigenvalue weighted by atomic mass is 10.2. The molecule has 0 aliphatic carbocycles. The molecule has 0 radical (unpaired) electrons. The summed E-state index contributed by atoms with van der Waals surface area (Å²) < 4.78 is 18.5. The van der Waals surface area contributed by atoms with Crippen molar-refractivity contribution in [2.75, 3.05) is 38.1 Å². The summed E-state index contributed by atoms with van der Waals surface area (Å²) in [5.74, 6) is 0.459. The summed E-state index contributed by atoms with van der Waals surface area (Å²) in [6.45, 7) is 6.13. The summed E-state index contributed by atoms with van der Waals surface area (Å²) in [4.78, 5) is 16.6. The first-order valence-electron chi connectivity index (χ1n) is 8.90. The number of hydrogen-bond acceptors (Lipinski definition) is 3. The van der Waals surface area contributed by atoms with Crippen LogP contribution < -0.4 is 10.1 Å². The molecule has 2 aromatic rings. The molecule has 0 aromatic heterocycles. The molecule has 2 amide bonds. The Hall–Kier alpha value is -2.60. The number of urea groups is 1. The molecule has 5 nitrogen and oxygen atoms in total. The van der Waals surface area contributed by atoms with E-state index in [9.17, 15) is 9.18 Å². The van der Waals surface area contributed by atoms with Crippen molar-refractivity contribution in [1.82, 2.24) is 9.80 Å². The fourth-order valence-corrected chi connectivity index (χ4v) is 3.00. The molecular formula is C20H24FN3O2. The number of carbonyl (C=O) groups is 1. The van der Waals surface area contributed by atoms with Gasteiger partial charge < -0.3 is 15.0 Å². The molecule has 3 rings (SSSR count). The molecule has 0 bridgehead atoms. The molecule has 0 unspecified atom stereocenters. The Balaban J connectivity index is 1.51. The predicted molar refractivity (Wildman–Crippen MR) is 99.9 cm³/mol. The summed E-state index contributed by atoms with van der Waals surface area (Å²) in [6.07, 6.45) is 0. The third-order valence-electron chi connectivity index (χ3n) is 4.41. The number of ether oxygens (including phenoxy) is 1. The van der Waals surface area contributed by atoms with Crippen molar-refractivity contribution in [3.63, 3.8) is 0 Å². The van der Waals surface area contributed by atoms with Crippen LogP contribution in [0.4, 0.5) is 14.9 Å². The molecule has 1 aliphatic rings. The average molecular weight is 357 g/mol. The number of nitrogens with zero attached hydrogens (tertiary/aromatic N) is 2. The van der Waals surface area contributed by atoms with E-state index in [-0.39, 0.29) is 11.8 Å². The number of amides is 2. The number of carbonyl (C=O) groups excluding carboxylic acids is 1. The minimum Gasteiger partial charge on any atom is -0.492 e. The highest BCUT2D eigenvalue weighted by Crippen LogP contribution is 2.24. The SMILES string of the molecule is CCOc1ccccc1NC(=O)N1CCN(Cc2ccc(F)cc2)CC1. The molecule has 26 heavy (non-hydrogen) atoms. The van der Waals surface area contributed by atoms with E-state index in [0.29, 0.717) is 31.1 Å². The van der Waals surface area contributed by atoms with Crippen LogP contribution in [0.1, 0.15) is 12.5 Å². The molecular weight excluding hydrogens is 333 g/mol. The van der Waals surface area contributed by atoms with Gasteiger partial charge in [-0.25, -0.2) is 9.18 Å².